The van der Waals surface area contributed by atoms with Crippen LogP contribution < -0.4 is 10.1 Å². The zero-order valence-corrected chi connectivity index (χ0v) is 20.4. The smallest absolute Gasteiger partial charge is 0.341 e. The van der Waals surface area contributed by atoms with Crippen molar-refractivity contribution in [3.8, 4) is 17.1 Å². The number of aromatic nitrogens is 3. The number of thioether (sulfide) groups is 1. The van der Waals surface area contributed by atoms with Gasteiger partial charge in [0.15, 0.2) is 11.0 Å². The average Bonchev–Trinajstić information content (AvgIpc) is 3.36. The minimum atomic E-state index is -0.442. The van der Waals surface area contributed by atoms with Gasteiger partial charge in [0.2, 0.25) is 5.91 Å². The number of hydrogen-bond acceptors (Lipinski definition) is 8. The fourth-order valence-electron chi connectivity index (χ4n) is 3.36. The Morgan fingerprint density at radius 3 is 2.66 bits per heavy atom. The van der Waals surface area contributed by atoms with Gasteiger partial charge in [-0.05, 0) is 38.0 Å². The lowest BCUT2D eigenvalue weighted by Crippen LogP contribution is -2.16. The zero-order valence-electron chi connectivity index (χ0n) is 18.7. The summed E-state index contributed by atoms with van der Waals surface area (Å²) in [7, 11) is 2.96. The molecule has 1 amide bonds. The number of benzene rings is 1. The zero-order chi connectivity index (χ0) is 23.3. The third-order valence-corrected chi connectivity index (χ3v) is 6.93. The summed E-state index contributed by atoms with van der Waals surface area (Å²) < 4.78 is 12.2. The molecule has 0 fully saturated rings. The van der Waals surface area contributed by atoms with Crippen molar-refractivity contribution in [2.75, 3.05) is 25.3 Å². The van der Waals surface area contributed by atoms with Crippen molar-refractivity contribution in [3.05, 3.63) is 40.3 Å². The van der Waals surface area contributed by atoms with E-state index in [0.29, 0.717) is 34.5 Å². The standard InChI is InChI=1S/C22H26N4O4S2/c1-6-16-13(3)32-20(18(16)21(28)30-5)23-17(27)12-31-22-25-24-19(26(22)7-2)14-9-8-10-15(11-14)29-4/h8-11H,6-7,12H2,1-5H3,(H,23,27). The van der Waals surface area contributed by atoms with Crippen LogP contribution in [0.25, 0.3) is 11.4 Å². The molecule has 0 aliphatic heterocycles. The molecule has 0 aliphatic rings. The van der Waals surface area contributed by atoms with Gasteiger partial charge >= 0.3 is 5.97 Å². The average molecular weight is 475 g/mol. The molecule has 0 saturated heterocycles. The van der Waals surface area contributed by atoms with Crippen molar-refractivity contribution >= 4 is 40.0 Å². The molecule has 0 atom stereocenters. The van der Waals surface area contributed by atoms with Gasteiger partial charge in [-0.1, -0.05) is 30.8 Å². The summed E-state index contributed by atoms with van der Waals surface area (Å²) >= 11 is 2.68. The van der Waals surface area contributed by atoms with Crippen molar-refractivity contribution < 1.29 is 19.1 Å². The van der Waals surface area contributed by atoms with Crippen LogP contribution in [0.3, 0.4) is 0 Å². The molecule has 0 saturated carbocycles. The molecule has 1 N–H and O–H groups in total. The number of nitrogens with one attached hydrogen (secondary N) is 1. The predicted molar refractivity (Wildman–Crippen MR) is 127 cm³/mol. The number of methoxy groups -OCH3 is 2. The van der Waals surface area contributed by atoms with Gasteiger partial charge in [-0.3, -0.25) is 4.79 Å². The highest BCUT2D eigenvalue weighted by Crippen LogP contribution is 2.34. The second-order valence-electron chi connectivity index (χ2n) is 6.81. The number of carbonyl (C=O) groups is 2. The van der Waals surface area contributed by atoms with E-state index in [1.807, 2.05) is 49.6 Å². The molecule has 0 radical (unpaired) electrons. The fraction of sp³-hybridized carbons (Fsp3) is 0.364. The van der Waals surface area contributed by atoms with Crippen LogP contribution >= 0.6 is 23.1 Å². The number of amides is 1. The second kappa shape index (κ2) is 10.6. The number of rotatable bonds is 9. The van der Waals surface area contributed by atoms with Gasteiger partial charge in [-0.15, -0.1) is 21.5 Å². The molecule has 2 heterocycles. The van der Waals surface area contributed by atoms with E-state index in [1.54, 1.807) is 7.11 Å². The molecular formula is C22H26N4O4S2. The summed E-state index contributed by atoms with van der Waals surface area (Å²) in [6, 6.07) is 7.61. The van der Waals surface area contributed by atoms with Gasteiger partial charge < -0.3 is 19.4 Å². The lowest BCUT2D eigenvalue weighted by atomic mass is 10.1. The summed E-state index contributed by atoms with van der Waals surface area (Å²) in [4.78, 5) is 25.9. The largest absolute Gasteiger partial charge is 0.497 e. The SMILES string of the molecule is CCc1c(C)sc(NC(=O)CSc2nnc(-c3cccc(OC)c3)n2CC)c1C(=O)OC. The topological polar surface area (TPSA) is 95.3 Å². The Labute approximate surface area is 195 Å². The van der Waals surface area contributed by atoms with Crippen LogP contribution in [0.1, 0.15) is 34.6 Å². The van der Waals surface area contributed by atoms with Crippen molar-refractivity contribution in [2.24, 2.45) is 0 Å². The van der Waals surface area contributed by atoms with Gasteiger partial charge in [0, 0.05) is 17.0 Å². The van der Waals surface area contributed by atoms with E-state index >= 15 is 0 Å². The first-order valence-corrected chi connectivity index (χ1v) is 11.9. The Kier molecular flexibility index (Phi) is 7.92. The molecule has 0 spiro atoms. The lowest BCUT2D eigenvalue weighted by Gasteiger charge is -2.09. The summed E-state index contributed by atoms with van der Waals surface area (Å²) in [6.07, 6.45) is 0.685. The molecule has 32 heavy (non-hydrogen) atoms. The van der Waals surface area contributed by atoms with Crippen LogP contribution in [0.15, 0.2) is 29.4 Å². The van der Waals surface area contributed by atoms with Crippen LogP contribution in [-0.2, 0) is 22.5 Å². The molecule has 10 heteroatoms. The van der Waals surface area contributed by atoms with Crippen molar-refractivity contribution in [2.45, 2.75) is 38.9 Å². The number of nitrogens with zero attached hydrogens (tertiary/aromatic N) is 3. The number of anilines is 1. The first kappa shape index (κ1) is 23.8. The second-order valence-corrected chi connectivity index (χ2v) is 8.97. The minimum absolute atomic E-state index is 0.134. The Hall–Kier alpha value is -2.85. The summed E-state index contributed by atoms with van der Waals surface area (Å²) in [5, 5.41) is 12.6. The third kappa shape index (κ3) is 4.97. The van der Waals surface area contributed by atoms with Gasteiger partial charge in [0.05, 0.1) is 25.5 Å². The minimum Gasteiger partial charge on any atom is -0.497 e. The molecule has 170 valence electrons. The monoisotopic (exact) mass is 474 g/mol. The molecule has 1 aromatic carbocycles. The fourth-order valence-corrected chi connectivity index (χ4v) is 5.31. The van der Waals surface area contributed by atoms with Crippen LogP contribution in [0.2, 0.25) is 0 Å². The molecule has 3 rings (SSSR count). The number of hydrogen-bond donors (Lipinski definition) is 1. The highest BCUT2D eigenvalue weighted by molar-refractivity contribution is 7.99. The van der Waals surface area contributed by atoms with Gasteiger partial charge in [0.1, 0.15) is 10.8 Å². The van der Waals surface area contributed by atoms with Gasteiger partial charge in [0.25, 0.3) is 0 Å². The molecule has 0 unspecified atom stereocenters. The molecule has 0 bridgehead atoms. The van der Waals surface area contributed by atoms with E-state index in [-0.39, 0.29) is 11.7 Å². The van der Waals surface area contributed by atoms with Crippen molar-refractivity contribution in [1.29, 1.82) is 0 Å². The van der Waals surface area contributed by atoms with E-state index in [4.69, 9.17) is 9.47 Å². The number of esters is 1. The van der Waals surface area contributed by atoms with Crippen LogP contribution in [0, 0.1) is 6.92 Å². The van der Waals surface area contributed by atoms with E-state index < -0.39 is 5.97 Å². The molecule has 8 nitrogen and oxygen atoms in total. The first-order valence-electron chi connectivity index (χ1n) is 10.1. The van der Waals surface area contributed by atoms with Crippen molar-refractivity contribution in [1.82, 2.24) is 14.8 Å². The highest BCUT2D eigenvalue weighted by atomic mass is 32.2. The summed E-state index contributed by atoms with van der Waals surface area (Å²) in [5.41, 5.74) is 2.23. The first-order chi connectivity index (χ1) is 15.4. The Balaban J connectivity index is 1.75. The molecule has 2 aromatic heterocycles. The number of thiophene rings is 1. The van der Waals surface area contributed by atoms with Crippen LogP contribution in [-0.4, -0.2) is 46.6 Å². The van der Waals surface area contributed by atoms with E-state index in [1.165, 1.54) is 30.2 Å². The van der Waals surface area contributed by atoms with Gasteiger partial charge in [-0.2, -0.15) is 0 Å². The Morgan fingerprint density at radius 2 is 2.00 bits per heavy atom. The molecule has 3 aromatic rings. The molecule has 0 aliphatic carbocycles. The predicted octanol–water partition coefficient (Wildman–Crippen LogP) is 4.42. The van der Waals surface area contributed by atoms with Crippen LogP contribution in [0.5, 0.6) is 5.75 Å². The number of aryl methyl sites for hydroxylation is 1. The maximum Gasteiger partial charge on any atom is 0.341 e. The number of ether oxygens (including phenoxy) is 2. The Morgan fingerprint density at radius 1 is 1.22 bits per heavy atom. The molecular weight excluding hydrogens is 448 g/mol. The quantitative estimate of drug-likeness (QED) is 0.362. The third-order valence-electron chi connectivity index (χ3n) is 4.90. The number of carbonyl (C=O) groups excluding carboxylic acids is 2. The van der Waals surface area contributed by atoms with Crippen molar-refractivity contribution in [3.63, 3.8) is 0 Å². The maximum atomic E-state index is 12.7. The van der Waals surface area contributed by atoms with E-state index in [9.17, 15) is 9.59 Å². The summed E-state index contributed by atoms with van der Waals surface area (Å²) in [6.45, 7) is 6.56. The van der Waals surface area contributed by atoms with Gasteiger partial charge in [-0.25, -0.2) is 4.79 Å². The van der Waals surface area contributed by atoms with Crippen LogP contribution in [0.4, 0.5) is 5.00 Å². The Bertz CT molecular complexity index is 1120. The summed E-state index contributed by atoms with van der Waals surface area (Å²) in [5.74, 6) is 0.917. The van der Waals surface area contributed by atoms with E-state index in [2.05, 4.69) is 15.5 Å². The normalized spacial score (nSPS) is 10.8. The highest BCUT2D eigenvalue weighted by Gasteiger charge is 2.23. The van der Waals surface area contributed by atoms with E-state index in [0.717, 1.165) is 21.8 Å². The lowest BCUT2D eigenvalue weighted by molar-refractivity contribution is -0.113. The maximum absolute atomic E-state index is 12.7.